The van der Waals surface area contributed by atoms with Crippen molar-refractivity contribution in [2.24, 2.45) is 5.92 Å². The molecule has 0 radical (unpaired) electrons. The molecule has 1 aliphatic carbocycles. The van der Waals surface area contributed by atoms with Gasteiger partial charge < -0.3 is 19.3 Å². The first kappa shape index (κ1) is 18.7. The lowest BCUT2D eigenvalue weighted by atomic mass is 9.68. The number of hydrogen-bond acceptors (Lipinski definition) is 4. The zero-order valence-electron chi connectivity index (χ0n) is 13.9. The molecule has 4 nitrogen and oxygen atoms in total. The van der Waals surface area contributed by atoms with E-state index in [4.69, 9.17) is 14.2 Å². The Bertz CT molecular complexity index is 455. The van der Waals surface area contributed by atoms with Gasteiger partial charge in [-0.3, -0.25) is 0 Å². The topological polar surface area (TPSA) is 51.2 Å². The Morgan fingerprint density at radius 2 is 2.00 bits per heavy atom. The van der Waals surface area contributed by atoms with Crippen LogP contribution in [-0.2, 0) is 14.2 Å². The highest BCUT2D eigenvalue weighted by molar-refractivity contribution is 5.12. The minimum Gasteiger partial charge on any atom is -0.390 e. The molecule has 1 heterocycles. The van der Waals surface area contributed by atoms with Gasteiger partial charge in [-0.15, -0.1) is 0 Å². The molecule has 1 saturated carbocycles. The van der Waals surface area contributed by atoms with Gasteiger partial charge in [-0.05, 0) is 33.6 Å². The van der Waals surface area contributed by atoms with Gasteiger partial charge in [0.25, 0.3) is 0 Å². The van der Waals surface area contributed by atoms with Crippen molar-refractivity contribution in [3.63, 3.8) is 0 Å². The fourth-order valence-corrected chi connectivity index (χ4v) is 3.56. The third kappa shape index (κ3) is 3.90. The van der Waals surface area contributed by atoms with Crippen LogP contribution in [0.2, 0.25) is 0 Å². The second kappa shape index (κ2) is 6.35. The smallest absolute Gasteiger partial charge is 0.390 e. The maximum Gasteiger partial charge on any atom is 0.412 e. The molecule has 1 spiro atoms. The van der Waals surface area contributed by atoms with E-state index in [1.807, 2.05) is 13.8 Å². The highest BCUT2D eigenvalue weighted by Gasteiger charge is 2.63. The summed E-state index contributed by atoms with van der Waals surface area (Å²) in [7, 11) is 1.52. The molecule has 0 amide bonds. The lowest BCUT2D eigenvalue weighted by molar-refractivity contribution is -0.172. The first-order valence-corrected chi connectivity index (χ1v) is 7.76. The maximum atomic E-state index is 12.5. The van der Waals surface area contributed by atoms with Crippen molar-refractivity contribution in [2.45, 2.75) is 63.2 Å². The van der Waals surface area contributed by atoms with Crippen molar-refractivity contribution in [2.75, 3.05) is 20.3 Å². The van der Waals surface area contributed by atoms with Crippen molar-refractivity contribution < 1.29 is 32.5 Å². The van der Waals surface area contributed by atoms with Gasteiger partial charge in [-0.1, -0.05) is 6.08 Å². The van der Waals surface area contributed by atoms with Crippen LogP contribution >= 0.6 is 0 Å². The Labute approximate surface area is 134 Å². The van der Waals surface area contributed by atoms with Crippen LogP contribution < -0.4 is 0 Å². The zero-order chi connectivity index (χ0) is 17.5. The third-order valence-electron chi connectivity index (χ3n) is 4.97. The largest absolute Gasteiger partial charge is 0.412 e. The predicted molar refractivity (Wildman–Crippen MR) is 78.1 cm³/mol. The Hall–Kier alpha value is -0.630. The van der Waals surface area contributed by atoms with E-state index in [9.17, 15) is 18.3 Å². The number of alkyl halides is 3. The normalized spacial score (nSPS) is 35.7. The average Bonchev–Trinajstić information content (AvgIpc) is 3.20. The summed E-state index contributed by atoms with van der Waals surface area (Å²) in [5.74, 6) is -0.247. The Kier molecular flexibility index (Phi) is 5.16. The number of allylic oxidation sites excluding steroid dienone is 1. The lowest BCUT2D eigenvalue weighted by Crippen LogP contribution is -2.57. The van der Waals surface area contributed by atoms with E-state index >= 15 is 0 Å². The monoisotopic (exact) mass is 338 g/mol. The molecule has 0 unspecified atom stereocenters. The molecule has 0 bridgehead atoms. The summed E-state index contributed by atoms with van der Waals surface area (Å²) in [5, 5.41) is 10.2. The SMILES string of the molecule is CO[C@@H]1[C@H](O)CC[C@]2(CO2)[C@H]1C(C)(C)OC/C=C(/C)C(F)(F)F. The van der Waals surface area contributed by atoms with Gasteiger partial charge in [0.15, 0.2) is 0 Å². The van der Waals surface area contributed by atoms with E-state index < -0.39 is 35.2 Å². The summed E-state index contributed by atoms with van der Waals surface area (Å²) in [4.78, 5) is 0. The highest BCUT2D eigenvalue weighted by atomic mass is 19.4. The van der Waals surface area contributed by atoms with Gasteiger partial charge in [0.2, 0.25) is 0 Å². The van der Waals surface area contributed by atoms with Crippen molar-refractivity contribution in [3.8, 4) is 0 Å². The van der Waals surface area contributed by atoms with E-state index in [1.54, 1.807) is 0 Å². The van der Waals surface area contributed by atoms with E-state index in [0.717, 1.165) is 13.0 Å². The first-order valence-electron chi connectivity index (χ1n) is 7.76. The summed E-state index contributed by atoms with van der Waals surface area (Å²) in [6.07, 6.45) is -3.13. The van der Waals surface area contributed by atoms with Gasteiger partial charge in [0, 0.05) is 18.6 Å². The molecule has 2 aliphatic rings. The second-order valence-electron chi connectivity index (χ2n) is 6.94. The average molecular weight is 338 g/mol. The predicted octanol–water partition coefficient (Wildman–Crippen LogP) is 2.85. The molecule has 2 fully saturated rings. The summed E-state index contributed by atoms with van der Waals surface area (Å²) in [6, 6.07) is 0. The Morgan fingerprint density at radius 1 is 1.39 bits per heavy atom. The molecule has 1 saturated heterocycles. The van der Waals surface area contributed by atoms with Crippen LogP contribution in [-0.4, -0.2) is 55.0 Å². The molecule has 134 valence electrons. The van der Waals surface area contributed by atoms with Crippen LogP contribution in [0, 0.1) is 5.92 Å². The van der Waals surface area contributed by atoms with Crippen LogP contribution in [0.4, 0.5) is 13.2 Å². The number of hydrogen-bond donors (Lipinski definition) is 1. The number of aliphatic hydroxyl groups excluding tert-OH is 1. The van der Waals surface area contributed by atoms with E-state index in [0.29, 0.717) is 19.4 Å². The molecule has 1 aliphatic heterocycles. The number of epoxide rings is 1. The zero-order valence-corrected chi connectivity index (χ0v) is 13.9. The lowest BCUT2D eigenvalue weighted by Gasteiger charge is -2.46. The van der Waals surface area contributed by atoms with Crippen LogP contribution in [0.15, 0.2) is 11.6 Å². The van der Waals surface area contributed by atoms with Gasteiger partial charge in [0.1, 0.15) is 0 Å². The Balaban J connectivity index is 2.10. The molecule has 0 aromatic rings. The summed E-state index contributed by atoms with van der Waals surface area (Å²) in [5.41, 5.74) is -1.87. The van der Waals surface area contributed by atoms with Gasteiger partial charge in [-0.2, -0.15) is 13.2 Å². The molecule has 4 atom stereocenters. The van der Waals surface area contributed by atoms with Crippen molar-refractivity contribution in [1.82, 2.24) is 0 Å². The van der Waals surface area contributed by atoms with E-state index in [1.165, 1.54) is 7.11 Å². The minimum absolute atomic E-state index is 0.155. The van der Waals surface area contributed by atoms with Gasteiger partial charge in [0.05, 0.1) is 36.6 Å². The summed E-state index contributed by atoms with van der Waals surface area (Å²) >= 11 is 0. The van der Waals surface area contributed by atoms with Crippen LogP contribution in [0.3, 0.4) is 0 Å². The molecule has 7 heteroatoms. The maximum absolute atomic E-state index is 12.5. The quantitative estimate of drug-likeness (QED) is 0.619. The van der Waals surface area contributed by atoms with Gasteiger partial charge >= 0.3 is 6.18 Å². The highest BCUT2D eigenvalue weighted by Crippen LogP contribution is 2.52. The molecule has 1 N–H and O–H groups in total. The second-order valence-corrected chi connectivity index (χ2v) is 6.94. The van der Waals surface area contributed by atoms with E-state index in [2.05, 4.69) is 0 Å². The molecule has 23 heavy (non-hydrogen) atoms. The van der Waals surface area contributed by atoms with Crippen molar-refractivity contribution >= 4 is 0 Å². The van der Waals surface area contributed by atoms with Crippen LogP contribution in [0.1, 0.15) is 33.6 Å². The van der Waals surface area contributed by atoms with Crippen molar-refractivity contribution in [1.29, 1.82) is 0 Å². The number of aliphatic hydroxyl groups is 1. The summed E-state index contributed by atoms with van der Waals surface area (Å²) in [6.45, 7) is 5.04. The van der Waals surface area contributed by atoms with Crippen LogP contribution in [0.25, 0.3) is 0 Å². The standard InChI is InChI=1S/C16H25F3O4/c1-10(16(17,18)19)6-8-22-14(2,3)13-12(21-4)11(20)5-7-15(13)9-23-15/h6,11-13,20H,5,7-9H2,1-4H3/b10-6-/t11-,12-,13-,15+/m1/s1. The summed E-state index contributed by atoms with van der Waals surface area (Å²) < 4.78 is 54.4. The molecular formula is C16H25F3O4. The molecule has 0 aromatic carbocycles. The van der Waals surface area contributed by atoms with Crippen molar-refractivity contribution in [3.05, 3.63) is 11.6 Å². The molecule has 2 rings (SSSR count). The number of methoxy groups -OCH3 is 1. The van der Waals surface area contributed by atoms with Crippen LogP contribution in [0.5, 0.6) is 0 Å². The van der Waals surface area contributed by atoms with Gasteiger partial charge in [-0.25, -0.2) is 0 Å². The number of ether oxygens (including phenoxy) is 3. The Morgan fingerprint density at radius 3 is 2.48 bits per heavy atom. The number of rotatable bonds is 5. The fourth-order valence-electron chi connectivity index (χ4n) is 3.56. The molecule has 0 aromatic heterocycles. The third-order valence-corrected chi connectivity index (χ3v) is 4.97. The fraction of sp³-hybridized carbons (Fsp3) is 0.875. The first-order chi connectivity index (χ1) is 10.5. The number of halogens is 3. The molecular weight excluding hydrogens is 313 g/mol. The minimum atomic E-state index is -4.34. The van der Waals surface area contributed by atoms with E-state index in [-0.39, 0.29) is 12.5 Å².